The molecule has 0 heterocycles. The Kier molecular flexibility index (Phi) is 8.92. The first-order valence-electron chi connectivity index (χ1n) is 12.6. The summed E-state index contributed by atoms with van der Waals surface area (Å²) in [7, 11) is 0. The summed E-state index contributed by atoms with van der Waals surface area (Å²) < 4.78 is 5.39. The van der Waals surface area contributed by atoms with Crippen molar-refractivity contribution in [3.8, 4) is 0 Å². The van der Waals surface area contributed by atoms with E-state index in [4.69, 9.17) is 4.74 Å². The number of alkyl carbamates (subject to hydrolysis) is 1. The highest BCUT2D eigenvalue weighted by molar-refractivity contribution is 6.00. The van der Waals surface area contributed by atoms with Crippen molar-refractivity contribution >= 4 is 34.4 Å². The SMILES string of the molecule is CCN(C(=O)C(NC(=O)OC(C)(C)C)C(C)C)C(C(=O)Nc1ccc2ccccc2c1)c1ccccc1. The highest BCUT2D eigenvalue weighted by Crippen LogP contribution is 2.26. The number of anilines is 1. The Morgan fingerprint density at radius 2 is 1.51 bits per heavy atom. The lowest BCUT2D eigenvalue weighted by atomic mass is 9.99. The number of hydrogen-bond acceptors (Lipinski definition) is 4. The molecule has 0 fully saturated rings. The van der Waals surface area contributed by atoms with Crippen LogP contribution in [0, 0.1) is 5.92 Å². The molecule has 0 aliphatic rings. The van der Waals surface area contributed by atoms with Crippen LogP contribution in [0.25, 0.3) is 10.8 Å². The maximum atomic E-state index is 13.8. The molecular weight excluding hydrogens is 466 g/mol. The van der Waals surface area contributed by atoms with Crippen LogP contribution in [0.15, 0.2) is 72.8 Å². The summed E-state index contributed by atoms with van der Waals surface area (Å²) in [5.41, 5.74) is 0.613. The van der Waals surface area contributed by atoms with Gasteiger partial charge >= 0.3 is 6.09 Å². The Morgan fingerprint density at radius 1 is 0.892 bits per heavy atom. The zero-order chi connectivity index (χ0) is 27.2. The van der Waals surface area contributed by atoms with Crippen molar-refractivity contribution in [2.45, 2.75) is 59.2 Å². The van der Waals surface area contributed by atoms with Crippen molar-refractivity contribution in [3.05, 3.63) is 78.4 Å². The average Bonchev–Trinajstić information content (AvgIpc) is 2.84. The molecule has 0 spiro atoms. The largest absolute Gasteiger partial charge is 0.444 e. The van der Waals surface area contributed by atoms with Crippen LogP contribution in [-0.4, -0.2) is 41.0 Å². The fraction of sp³-hybridized carbons (Fsp3) is 0.367. The van der Waals surface area contributed by atoms with Crippen molar-refractivity contribution < 1.29 is 19.1 Å². The third-order valence-electron chi connectivity index (χ3n) is 5.92. The highest BCUT2D eigenvalue weighted by atomic mass is 16.6. The molecule has 2 N–H and O–H groups in total. The van der Waals surface area contributed by atoms with Crippen LogP contribution < -0.4 is 10.6 Å². The molecule has 37 heavy (non-hydrogen) atoms. The summed E-state index contributed by atoms with van der Waals surface area (Å²) in [6.45, 7) is 11.1. The first kappa shape index (κ1) is 27.7. The minimum Gasteiger partial charge on any atom is -0.444 e. The second-order valence-corrected chi connectivity index (χ2v) is 10.4. The van der Waals surface area contributed by atoms with E-state index < -0.39 is 23.8 Å². The number of rotatable bonds is 8. The molecule has 0 radical (unpaired) electrons. The summed E-state index contributed by atoms with van der Waals surface area (Å²) in [4.78, 5) is 41.6. The number of nitrogens with zero attached hydrogens (tertiary/aromatic N) is 1. The Bertz CT molecular complexity index is 1230. The lowest BCUT2D eigenvalue weighted by Gasteiger charge is -2.35. The molecule has 7 heteroatoms. The molecule has 3 rings (SSSR count). The normalized spacial score (nSPS) is 13.1. The van der Waals surface area contributed by atoms with Gasteiger partial charge in [0.25, 0.3) is 5.91 Å². The molecule has 0 aliphatic heterocycles. The molecule has 7 nitrogen and oxygen atoms in total. The average molecular weight is 504 g/mol. The summed E-state index contributed by atoms with van der Waals surface area (Å²) in [6.07, 6.45) is -0.674. The van der Waals surface area contributed by atoms with Crippen LogP contribution in [0.4, 0.5) is 10.5 Å². The fourth-order valence-electron chi connectivity index (χ4n) is 4.18. The number of likely N-dealkylation sites (N-methyl/N-ethyl adjacent to an activating group) is 1. The Morgan fingerprint density at radius 3 is 2.11 bits per heavy atom. The molecular formula is C30H37N3O4. The predicted molar refractivity (Wildman–Crippen MR) is 147 cm³/mol. The number of carbonyl (C=O) groups is 3. The summed E-state index contributed by atoms with van der Waals surface area (Å²) in [6, 6.07) is 21.0. The molecule has 0 bridgehead atoms. The van der Waals surface area contributed by atoms with Gasteiger partial charge in [0.05, 0.1) is 0 Å². The van der Waals surface area contributed by atoms with Crippen molar-refractivity contribution in [2.24, 2.45) is 5.92 Å². The second-order valence-electron chi connectivity index (χ2n) is 10.4. The van der Waals surface area contributed by atoms with Crippen LogP contribution in [0.5, 0.6) is 0 Å². The molecule has 0 aliphatic carbocycles. The first-order valence-corrected chi connectivity index (χ1v) is 12.6. The van der Waals surface area contributed by atoms with Gasteiger partial charge in [-0.05, 0) is 62.1 Å². The van der Waals surface area contributed by atoms with Crippen LogP contribution in [0.1, 0.15) is 53.1 Å². The minimum atomic E-state index is -0.896. The van der Waals surface area contributed by atoms with E-state index in [1.54, 1.807) is 20.8 Å². The zero-order valence-corrected chi connectivity index (χ0v) is 22.4. The number of fused-ring (bicyclic) bond motifs is 1. The van der Waals surface area contributed by atoms with Crippen LogP contribution in [0.3, 0.4) is 0 Å². The van der Waals surface area contributed by atoms with Crippen molar-refractivity contribution in [1.82, 2.24) is 10.2 Å². The smallest absolute Gasteiger partial charge is 0.408 e. The van der Waals surface area contributed by atoms with Gasteiger partial charge in [-0.3, -0.25) is 9.59 Å². The lowest BCUT2D eigenvalue weighted by molar-refractivity contribution is -0.141. The number of carbonyl (C=O) groups excluding carboxylic acids is 3. The summed E-state index contributed by atoms with van der Waals surface area (Å²) in [5.74, 6) is -0.920. The second kappa shape index (κ2) is 11.9. The molecule has 0 saturated carbocycles. The summed E-state index contributed by atoms with van der Waals surface area (Å²) in [5, 5.41) is 7.79. The van der Waals surface area contributed by atoms with Gasteiger partial charge in [-0.15, -0.1) is 0 Å². The van der Waals surface area contributed by atoms with Gasteiger partial charge in [0.1, 0.15) is 17.7 Å². The van der Waals surface area contributed by atoms with E-state index >= 15 is 0 Å². The Balaban J connectivity index is 1.92. The molecule has 3 amide bonds. The van der Waals surface area contributed by atoms with E-state index in [1.807, 2.05) is 93.6 Å². The third-order valence-corrected chi connectivity index (χ3v) is 5.92. The van der Waals surface area contributed by atoms with Gasteiger partial charge < -0.3 is 20.3 Å². The standard InChI is InChI=1S/C30H37N3O4/c1-7-33(28(35)25(20(2)3)32-29(36)37-30(4,5)6)26(22-14-9-8-10-15-22)27(34)31-24-18-17-21-13-11-12-16-23(21)19-24/h8-20,25-26H,7H2,1-6H3,(H,31,34)(H,32,36). The van der Waals surface area contributed by atoms with Crippen LogP contribution in [0.2, 0.25) is 0 Å². The molecule has 0 saturated heterocycles. The predicted octanol–water partition coefficient (Wildman–Crippen LogP) is 5.92. The van der Waals surface area contributed by atoms with Gasteiger partial charge in [0.2, 0.25) is 5.91 Å². The van der Waals surface area contributed by atoms with Crippen molar-refractivity contribution in [1.29, 1.82) is 0 Å². The minimum absolute atomic E-state index is 0.228. The van der Waals surface area contributed by atoms with Gasteiger partial charge in [-0.1, -0.05) is 74.5 Å². The quantitative estimate of drug-likeness (QED) is 0.400. The van der Waals surface area contributed by atoms with E-state index in [1.165, 1.54) is 4.90 Å². The van der Waals surface area contributed by atoms with E-state index in [2.05, 4.69) is 10.6 Å². The van der Waals surface area contributed by atoms with Gasteiger partial charge in [-0.2, -0.15) is 0 Å². The number of hydrogen-bond donors (Lipinski definition) is 2. The topological polar surface area (TPSA) is 87.7 Å². The van der Waals surface area contributed by atoms with Crippen molar-refractivity contribution in [2.75, 3.05) is 11.9 Å². The molecule has 0 aromatic heterocycles. The third kappa shape index (κ3) is 7.32. The number of ether oxygens (including phenoxy) is 1. The van der Waals surface area contributed by atoms with Crippen LogP contribution in [-0.2, 0) is 14.3 Å². The molecule has 2 unspecified atom stereocenters. The zero-order valence-electron chi connectivity index (χ0n) is 22.4. The molecule has 3 aromatic carbocycles. The van der Waals surface area contributed by atoms with E-state index in [0.29, 0.717) is 11.3 Å². The van der Waals surface area contributed by atoms with E-state index in [9.17, 15) is 14.4 Å². The Hall–Kier alpha value is -3.87. The van der Waals surface area contributed by atoms with Gasteiger partial charge in [0.15, 0.2) is 0 Å². The van der Waals surface area contributed by atoms with Crippen molar-refractivity contribution in [3.63, 3.8) is 0 Å². The maximum Gasteiger partial charge on any atom is 0.408 e. The molecule has 2 atom stereocenters. The fourth-order valence-corrected chi connectivity index (χ4v) is 4.18. The van der Waals surface area contributed by atoms with Gasteiger partial charge in [0, 0.05) is 12.2 Å². The first-order chi connectivity index (χ1) is 17.5. The van der Waals surface area contributed by atoms with Crippen LogP contribution >= 0.6 is 0 Å². The molecule has 3 aromatic rings. The monoisotopic (exact) mass is 503 g/mol. The summed E-state index contributed by atoms with van der Waals surface area (Å²) >= 11 is 0. The highest BCUT2D eigenvalue weighted by Gasteiger charge is 2.36. The van der Waals surface area contributed by atoms with Gasteiger partial charge in [-0.25, -0.2) is 4.79 Å². The molecule has 196 valence electrons. The number of benzene rings is 3. The van der Waals surface area contributed by atoms with E-state index in [0.717, 1.165) is 10.8 Å². The number of nitrogens with one attached hydrogen (secondary N) is 2. The lowest BCUT2D eigenvalue weighted by Crippen LogP contribution is -2.54. The Labute approximate surface area is 219 Å². The van der Waals surface area contributed by atoms with E-state index in [-0.39, 0.29) is 24.3 Å². The maximum absolute atomic E-state index is 13.8. The number of amides is 3.